The van der Waals surface area contributed by atoms with Gasteiger partial charge in [0.15, 0.2) is 0 Å². The lowest BCUT2D eigenvalue weighted by Crippen LogP contribution is -2.54. The van der Waals surface area contributed by atoms with Crippen molar-refractivity contribution in [1.82, 2.24) is 10.2 Å². The van der Waals surface area contributed by atoms with Crippen molar-refractivity contribution in [2.75, 3.05) is 19.6 Å². The average molecular weight is 394 g/mol. The molecule has 2 aromatic rings. The molecule has 1 saturated carbocycles. The van der Waals surface area contributed by atoms with E-state index in [0.717, 1.165) is 44.2 Å². The Kier molecular flexibility index (Phi) is 5.65. The Labute approximate surface area is 171 Å². The topological polar surface area (TPSA) is 49.4 Å². The summed E-state index contributed by atoms with van der Waals surface area (Å²) in [5, 5.41) is 3.01. The fraction of sp³-hybridized carbons (Fsp3) is 0.417. The smallest absolute Gasteiger partial charge is 0.251 e. The number of likely N-dealkylation sites (tertiary alicyclic amines) is 1. The van der Waals surface area contributed by atoms with Gasteiger partial charge in [-0.2, -0.15) is 0 Å². The van der Waals surface area contributed by atoms with Crippen LogP contribution in [0, 0.1) is 11.7 Å². The van der Waals surface area contributed by atoms with Crippen molar-refractivity contribution in [2.45, 2.75) is 37.5 Å². The van der Waals surface area contributed by atoms with E-state index in [9.17, 15) is 14.0 Å². The number of nitrogens with one attached hydrogen (secondary N) is 1. The van der Waals surface area contributed by atoms with E-state index >= 15 is 0 Å². The van der Waals surface area contributed by atoms with Crippen molar-refractivity contribution in [3.8, 4) is 0 Å². The van der Waals surface area contributed by atoms with Crippen LogP contribution in [0.15, 0.2) is 54.6 Å². The lowest BCUT2D eigenvalue weighted by Gasteiger charge is -2.46. The number of nitrogens with zero attached hydrogens (tertiary/aromatic N) is 1. The zero-order valence-electron chi connectivity index (χ0n) is 16.6. The molecule has 1 heterocycles. The molecule has 0 aromatic heterocycles. The minimum Gasteiger partial charge on any atom is -0.352 e. The molecule has 4 nitrogen and oxygen atoms in total. The van der Waals surface area contributed by atoms with Gasteiger partial charge in [-0.15, -0.1) is 0 Å². The third-order valence-corrected chi connectivity index (χ3v) is 6.39. The summed E-state index contributed by atoms with van der Waals surface area (Å²) in [7, 11) is 0. The summed E-state index contributed by atoms with van der Waals surface area (Å²) in [6.45, 7) is 1.94. The van der Waals surface area contributed by atoms with Gasteiger partial charge in [-0.1, -0.05) is 36.8 Å². The van der Waals surface area contributed by atoms with Crippen molar-refractivity contribution >= 4 is 11.8 Å². The van der Waals surface area contributed by atoms with Gasteiger partial charge in [0.2, 0.25) is 5.91 Å². The molecule has 152 valence electrons. The predicted molar refractivity (Wildman–Crippen MR) is 110 cm³/mol. The zero-order chi connectivity index (χ0) is 20.3. The second kappa shape index (κ2) is 8.36. The fourth-order valence-electron chi connectivity index (χ4n) is 4.59. The Hall–Kier alpha value is -2.69. The summed E-state index contributed by atoms with van der Waals surface area (Å²) in [6.07, 6.45) is 4.47. The summed E-state index contributed by atoms with van der Waals surface area (Å²) in [5.74, 6) is -0.00979. The molecule has 1 atom stereocenters. The van der Waals surface area contributed by atoms with Gasteiger partial charge in [0, 0.05) is 25.2 Å². The SMILES string of the molecule is O=C(NC[C@@H]1CCCN(C(=O)C2(c3cccc(F)c3)CCC2)C1)c1ccccc1. The molecule has 2 amide bonds. The number of benzene rings is 2. The number of carbonyl (C=O) groups excluding carboxylic acids is 2. The lowest BCUT2D eigenvalue weighted by molar-refractivity contribution is -0.142. The summed E-state index contributed by atoms with van der Waals surface area (Å²) >= 11 is 0. The molecule has 2 aromatic carbocycles. The maximum absolute atomic E-state index is 13.8. The number of carbonyl (C=O) groups is 2. The van der Waals surface area contributed by atoms with Gasteiger partial charge in [0.05, 0.1) is 5.41 Å². The third kappa shape index (κ3) is 4.04. The van der Waals surface area contributed by atoms with Crippen LogP contribution < -0.4 is 5.32 Å². The molecule has 1 aliphatic carbocycles. The largest absolute Gasteiger partial charge is 0.352 e. The maximum Gasteiger partial charge on any atom is 0.251 e. The fourth-order valence-corrected chi connectivity index (χ4v) is 4.59. The van der Waals surface area contributed by atoms with Crippen molar-refractivity contribution in [3.05, 3.63) is 71.5 Å². The van der Waals surface area contributed by atoms with Crippen LogP contribution in [-0.4, -0.2) is 36.3 Å². The first-order valence-corrected chi connectivity index (χ1v) is 10.5. The third-order valence-electron chi connectivity index (χ3n) is 6.39. The molecule has 0 radical (unpaired) electrons. The first kappa shape index (κ1) is 19.6. The van der Waals surface area contributed by atoms with E-state index in [4.69, 9.17) is 0 Å². The summed E-state index contributed by atoms with van der Waals surface area (Å²) < 4.78 is 13.8. The van der Waals surface area contributed by atoms with E-state index in [1.54, 1.807) is 18.2 Å². The number of piperidine rings is 1. The Morgan fingerprint density at radius 2 is 1.86 bits per heavy atom. The van der Waals surface area contributed by atoms with Crippen molar-refractivity contribution < 1.29 is 14.0 Å². The minimum atomic E-state index is -0.572. The normalized spacial score (nSPS) is 20.6. The quantitative estimate of drug-likeness (QED) is 0.836. The predicted octanol–water partition coefficient (Wildman–Crippen LogP) is 3.92. The second-order valence-electron chi connectivity index (χ2n) is 8.28. The van der Waals surface area contributed by atoms with Crippen molar-refractivity contribution in [3.63, 3.8) is 0 Å². The highest BCUT2D eigenvalue weighted by atomic mass is 19.1. The first-order chi connectivity index (χ1) is 14.1. The van der Waals surface area contributed by atoms with Gasteiger partial charge in [-0.3, -0.25) is 9.59 Å². The van der Waals surface area contributed by atoms with Crippen LogP contribution in [0.4, 0.5) is 4.39 Å². The van der Waals surface area contributed by atoms with Gasteiger partial charge < -0.3 is 10.2 Å². The molecule has 0 spiro atoms. The Bertz CT molecular complexity index is 879. The van der Waals surface area contributed by atoms with Crippen molar-refractivity contribution in [2.24, 2.45) is 5.92 Å². The van der Waals surface area contributed by atoms with Crippen LogP contribution in [0.2, 0.25) is 0 Å². The molecule has 1 N–H and O–H groups in total. The van der Waals surface area contributed by atoms with Crippen LogP contribution in [0.5, 0.6) is 0 Å². The molecule has 4 rings (SSSR count). The monoisotopic (exact) mass is 394 g/mol. The van der Waals surface area contributed by atoms with E-state index in [0.29, 0.717) is 18.7 Å². The minimum absolute atomic E-state index is 0.0794. The zero-order valence-corrected chi connectivity index (χ0v) is 16.6. The van der Waals surface area contributed by atoms with Crippen LogP contribution >= 0.6 is 0 Å². The summed E-state index contributed by atoms with van der Waals surface area (Å²) in [5.41, 5.74) is 0.876. The van der Waals surface area contributed by atoms with Gasteiger partial charge in [-0.05, 0) is 61.4 Å². The molecule has 1 aliphatic heterocycles. The highest BCUT2D eigenvalue weighted by molar-refractivity contribution is 5.94. The Morgan fingerprint density at radius 1 is 1.07 bits per heavy atom. The molecule has 0 bridgehead atoms. The number of rotatable bonds is 5. The maximum atomic E-state index is 13.8. The molecule has 5 heteroatoms. The second-order valence-corrected chi connectivity index (χ2v) is 8.28. The van der Waals surface area contributed by atoms with Crippen LogP contribution in [0.25, 0.3) is 0 Å². The highest BCUT2D eigenvalue weighted by Gasteiger charge is 2.48. The molecule has 29 heavy (non-hydrogen) atoms. The molecular weight excluding hydrogens is 367 g/mol. The molecule has 1 saturated heterocycles. The number of hydrogen-bond acceptors (Lipinski definition) is 2. The van der Waals surface area contributed by atoms with E-state index in [1.165, 1.54) is 12.1 Å². The van der Waals surface area contributed by atoms with Crippen LogP contribution in [0.3, 0.4) is 0 Å². The Morgan fingerprint density at radius 3 is 2.55 bits per heavy atom. The van der Waals surface area contributed by atoms with Crippen molar-refractivity contribution in [1.29, 1.82) is 0 Å². The van der Waals surface area contributed by atoms with E-state index in [2.05, 4.69) is 5.32 Å². The summed E-state index contributed by atoms with van der Waals surface area (Å²) in [4.78, 5) is 27.7. The molecule has 2 aliphatic rings. The van der Waals surface area contributed by atoms with Gasteiger partial charge in [0.1, 0.15) is 5.82 Å². The Balaban J connectivity index is 1.40. The number of amides is 2. The average Bonchev–Trinajstić information content (AvgIpc) is 2.72. The first-order valence-electron chi connectivity index (χ1n) is 10.5. The lowest BCUT2D eigenvalue weighted by atomic mass is 9.63. The number of hydrogen-bond donors (Lipinski definition) is 1. The standard InChI is InChI=1S/C24H27FN2O2/c25-21-11-4-10-20(15-21)24(12-6-13-24)23(29)27-14-5-7-18(17-27)16-26-22(28)19-8-2-1-3-9-19/h1-4,8-11,15,18H,5-7,12-14,16-17H2,(H,26,28)/t18-/m0/s1. The number of halogens is 1. The van der Waals surface area contributed by atoms with E-state index in [-0.39, 0.29) is 23.5 Å². The molecule has 0 unspecified atom stereocenters. The molecular formula is C24H27FN2O2. The van der Waals surface area contributed by atoms with Gasteiger partial charge in [0.25, 0.3) is 5.91 Å². The summed E-state index contributed by atoms with van der Waals surface area (Å²) in [6, 6.07) is 15.7. The van der Waals surface area contributed by atoms with E-state index < -0.39 is 5.41 Å². The van der Waals surface area contributed by atoms with Gasteiger partial charge in [-0.25, -0.2) is 4.39 Å². The van der Waals surface area contributed by atoms with Crippen LogP contribution in [-0.2, 0) is 10.2 Å². The highest BCUT2D eigenvalue weighted by Crippen LogP contribution is 2.45. The van der Waals surface area contributed by atoms with Crippen LogP contribution in [0.1, 0.15) is 48.0 Å². The van der Waals surface area contributed by atoms with E-state index in [1.807, 2.05) is 29.2 Å². The molecule has 2 fully saturated rings. The van der Waals surface area contributed by atoms with Gasteiger partial charge >= 0.3 is 0 Å².